The molecule has 0 aliphatic rings. The second-order valence-corrected chi connectivity index (χ2v) is 7.53. The monoisotopic (exact) mass is 444 g/mol. The summed E-state index contributed by atoms with van der Waals surface area (Å²) in [5.41, 5.74) is 6.85. The average molecular weight is 444 g/mol. The van der Waals surface area contributed by atoms with Crippen LogP contribution in [0.4, 0.5) is 11.5 Å². The van der Waals surface area contributed by atoms with Gasteiger partial charge in [0, 0.05) is 12.7 Å². The van der Waals surface area contributed by atoms with Gasteiger partial charge < -0.3 is 5.73 Å². The number of aromatic amines is 1. The van der Waals surface area contributed by atoms with E-state index in [0.717, 1.165) is 11.1 Å². The van der Waals surface area contributed by atoms with E-state index in [4.69, 9.17) is 5.73 Å². The van der Waals surface area contributed by atoms with Crippen LogP contribution in [0.25, 0.3) is 0 Å². The molecule has 0 aliphatic heterocycles. The summed E-state index contributed by atoms with van der Waals surface area (Å²) < 4.78 is 2.88. The lowest BCUT2D eigenvalue weighted by atomic mass is 10.1. The predicted octanol–water partition coefficient (Wildman–Crippen LogP) is 2.23. The van der Waals surface area contributed by atoms with Crippen molar-refractivity contribution >= 4 is 17.4 Å². The number of nitrogens with one attached hydrogen (secondary N) is 1. The Balaban J connectivity index is 1.83. The number of benzene rings is 2. The van der Waals surface area contributed by atoms with Gasteiger partial charge in [0.2, 0.25) is 0 Å². The molecule has 9 heteroatoms. The molecule has 1 amide bonds. The molecule has 9 nitrogen and oxygen atoms in total. The predicted molar refractivity (Wildman–Crippen MR) is 126 cm³/mol. The first-order valence-electron chi connectivity index (χ1n) is 10.5. The fraction of sp³-hybridized carbons (Fsp3) is 0.167. The van der Waals surface area contributed by atoms with Crippen LogP contribution in [0.15, 0.2) is 82.6 Å². The number of nitrogen functional groups attached to an aromatic ring is 1. The van der Waals surface area contributed by atoms with E-state index in [1.165, 1.54) is 15.7 Å². The number of H-pyrrole nitrogens is 1. The number of hydrogen-bond acceptors (Lipinski definition) is 5. The van der Waals surface area contributed by atoms with Gasteiger partial charge in [-0.2, -0.15) is 5.10 Å². The van der Waals surface area contributed by atoms with Crippen molar-refractivity contribution in [3.8, 4) is 0 Å². The highest BCUT2D eigenvalue weighted by Gasteiger charge is 2.26. The smallest absolute Gasteiger partial charge is 0.330 e. The summed E-state index contributed by atoms with van der Waals surface area (Å²) in [5.74, 6) is -0.527. The largest absolute Gasteiger partial charge is 0.383 e. The molecule has 4 rings (SSSR count). The van der Waals surface area contributed by atoms with Crippen LogP contribution in [-0.4, -0.2) is 25.2 Å². The minimum atomic E-state index is -0.728. The zero-order valence-electron chi connectivity index (χ0n) is 18.1. The van der Waals surface area contributed by atoms with E-state index in [1.807, 2.05) is 67.6 Å². The molecule has 2 aromatic carbocycles. The lowest BCUT2D eigenvalue weighted by Crippen LogP contribution is -2.41. The normalized spacial score (nSPS) is 10.8. The van der Waals surface area contributed by atoms with Gasteiger partial charge in [-0.25, -0.2) is 4.79 Å². The molecule has 0 atom stereocenters. The molecule has 0 unspecified atom stereocenters. The third-order valence-corrected chi connectivity index (χ3v) is 5.30. The number of nitrogens with zero attached hydrogens (tertiary/aromatic N) is 4. The number of hydrogen-bond donors (Lipinski definition) is 2. The van der Waals surface area contributed by atoms with Crippen molar-refractivity contribution in [2.24, 2.45) is 0 Å². The van der Waals surface area contributed by atoms with Crippen LogP contribution in [0.3, 0.4) is 0 Å². The van der Waals surface area contributed by atoms with E-state index in [-0.39, 0.29) is 24.6 Å². The van der Waals surface area contributed by atoms with E-state index in [2.05, 4.69) is 10.1 Å². The van der Waals surface area contributed by atoms with Crippen LogP contribution >= 0.6 is 0 Å². The summed E-state index contributed by atoms with van der Waals surface area (Å²) in [6, 6.07) is 18.5. The Kier molecular flexibility index (Phi) is 6.21. The van der Waals surface area contributed by atoms with Crippen LogP contribution < -0.4 is 21.9 Å². The van der Waals surface area contributed by atoms with E-state index in [9.17, 15) is 14.4 Å². The van der Waals surface area contributed by atoms with Crippen LogP contribution in [0.1, 0.15) is 28.4 Å². The maximum atomic E-state index is 13.5. The number of carbonyl (C=O) groups is 1. The van der Waals surface area contributed by atoms with Crippen molar-refractivity contribution in [3.05, 3.63) is 111 Å². The van der Waals surface area contributed by atoms with Gasteiger partial charge in [0.15, 0.2) is 5.69 Å². The highest BCUT2D eigenvalue weighted by Crippen LogP contribution is 2.22. The summed E-state index contributed by atoms with van der Waals surface area (Å²) in [5, 5.41) is 4.17. The maximum absolute atomic E-state index is 13.5. The Morgan fingerprint density at radius 2 is 1.67 bits per heavy atom. The van der Waals surface area contributed by atoms with E-state index in [0.29, 0.717) is 12.1 Å². The van der Waals surface area contributed by atoms with Gasteiger partial charge in [-0.3, -0.25) is 28.7 Å². The molecule has 0 fully saturated rings. The first-order valence-corrected chi connectivity index (χ1v) is 10.5. The molecule has 0 aliphatic carbocycles. The number of anilines is 2. The number of nitrogens with two attached hydrogens (primary N) is 1. The van der Waals surface area contributed by atoms with Crippen LogP contribution in [0.5, 0.6) is 0 Å². The second-order valence-electron chi connectivity index (χ2n) is 7.53. The fourth-order valence-electron chi connectivity index (χ4n) is 3.58. The van der Waals surface area contributed by atoms with Crippen molar-refractivity contribution in [1.29, 1.82) is 0 Å². The van der Waals surface area contributed by atoms with E-state index < -0.39 is 17.2 Å². The highest BCUT2D eigenvalue weighted by molar-refractivity contribution is 6.06. The van der Waals surface area contributed by atoms with Crippen LogP contribution in [0, 0.1) is 0 Å². The SMILES string of the molecule is CCn1cc(C(=O)N(Cc2ccccc2)c2c(N)n(Cc3ccccc3)c(=O)[nH]c2=O)cn1. The van der Waals surface area contributed by atoms with Crippen molar-refractivity contribution in [1.82, 2.24) is 19.3 Å². The third kappa shape index (κ3) is 4.62. The van der Waals surface area contributed by atoms with Gasteiger partial charge in [-0.15, -0.1) is 0 Å². The molecule has 168 valence electrons. The van der Waals surface area contributed by atoms with Crippen LogP contribution in [-0.2, 0) is 19.6 Å². The van der Waals surface area contributed by atoms with Gasteiger partial charge in [0.1, 0.15) is 5.82 Å². The standard InChI is InChI=1S/C24H24N6O3/c1-2-28-16-19(13-26-28)23(32)29(14-17-9-5-3-6-10-17)20-21(25)30(24(33)27-22(20)31)15-18-11-7-4-8-12-18/h3-13,16H,2,14-15,25H2,1H3,(H,27,31,33). The topological polar surface area (TPSA) is 119 Å². The number of aryl methyl sites for hydroxylation is 1. The number of amides is 1. The summed E-state index contributed by atoms with van der Waals surface area (Å²) >= 11 is 0. The Morgan fingerprint density at radius 1 is 1.03 bits per heavy atom. The van der Waals surface area contributed by atoms with E-state index >= 15 is 0 Å². The van der Waals surface area contributed by atoms with Gasteiger partial charge in [-0.1, -0.05) is 60.7 Å². The second kappa shape index (κ2) is 9.39. The fourth-order valence-corrected chi connectivity index (χ4v) is 3.58. The molecule has 0 bridgehead atoms. The summed E-state index contributed by atoms with van der Waals surface area (Å²) in [6.45, 7) is 2.74. The minimum Gasteiger partial charge on any atom is -0.383 e. The number of rotatable bonds is 7. The molecule has 33 heavy (non-hydrogen) atoms. The molecule has 0 spiro atoms. The average Bonchev–Trinajstić information content (AvgIpc) is 3.31. The molecule has 2 aromatic heterocycles. The summed E-state index contributed by atoms with van der Waals surface area (Å²) in [6.07, 6.45) is 3.07. The van der Waals surface area contributed by atoms with Gasteiger partial charge in [0.05, 0.1) is 24.8 Å². The maximum Gasteiger partial charge on any atom is 0.330 e. The van der Waals surface area contributed by atoms with Gasteiger partial charge in [0.25, 0.3) is 11.5 Å². The first kappa shape index (κ1) is 21.8. The summed E-state index contributed by atoms with van der Waals surface area (Å²) in [4.78, 5) is 42.6. The Hall–Kier alpha value is -4.40. The lowest BCUT2D eigenvalue weighted by Gasteiger charge is -2.24. The number of aromatic nitrogens is 4. The van der Waals surface area contributed by atoms with Gasteiger partial charge >= 0.3 is 5.69 Å². The molecular formula is C24H24N6O3. The van der Waals surface area contributed by atoms with Crippen molar-refractivity contribution < 1.29 is 4.79 Å². The van der Waals surface area contributed by atoms with Crippen LogP contribution in [0.2, 0.25) is 0 Å². The highest BCUT2D eigenvalue weighted by atomic mass is 16.2. The third-order valence-electron chi connectivity index (χ3n) is 5.30. The molecule has 0 radical (unpaired) electrons. The van der Waals surface area contributed by atoms with Crippen molar-refractivity contribution in [2.45, 2.75) is 26.6 Å². The Bertz CT molecular complexity index is 1370. The zero-order chi connectivity index (χ0) is 23.4. The van der Waals surface area contributed by atoms with Crippen molar-refractivity contribution in [2.75, 3.05) is 10.6 Å². The molecule has 2 heterocycles. The van der Waals surface area contributed by atoms with Crippen molar-refractivity contribution in [3.63, 3.8) is 0 Å². The quantitative estimate of drug-likeness (QED) is 0.453. The molecule has 0 saturated heterocycles. The van der Waals surface area contributed by atoms with E-state index in [1.54, 1.807) is 10.9 Å². The minimum absolute atomic E-state index is 0.0800. The number of carbonyl (C=O) groups excluding carboxylic acids is 1. The summed E-state index contributed by atoms with van der Waals surface area (Å²) in [7, 11) is 0. The lowest BCUT2D eigenvalue weighted by molar-refractivity contribution is 0.0984. The zero-order valence-corrected chi connectivity index (χ0v) is 18.1. The first-order chi connectivity index (χ1) is 16.0. The molecule has 0 saturated carbocycles. The Labute approximate surface area is 189 Å². The molecule has 3 N–H and O–H groups in total. The van der Waals surface area contributed by atoms with Gasteiger partial charge in [-0.05, 0) is 18.1 Å². The Morgan fingerprint density at radius 3 is 2.27 bits per heavy atom. The molecule has 4 aromatic rings. The molecular weight excluding hydrogens is 420 g/mol.